The van der Waals surface area contributed by atoms with Gasteiger partial charge in [0, 0.05) is 16.7 Å². The van der Waals surface area contributed by atoms with E-state index in [4.69, 9.17) is 11.5 Å². The SMILES string of the molecule is Cc1c(Br)ccc(N)c1CN. The number of rotatable bonds is 1. The first-order chi connectivity index (χ1) is 5.16. The zero-order valence-corrected chi connectivity index (χ0v) is 7.98. The van der Waals surface area contributed by atoms with Crippen LogP contribution < -0.4 is 11.5 Å². The van der Waals surface area contributed by atoms with Crippen molar-refractivity contribution < 1.29 is 0 Å². The number of anilines is 1. The van der Waals surface area contributed by atoms with Crippen molar-refractivity contribution in [3.63, 3.8) is 0 Å². The van der Waals surface area contributed by atoms with Crippen LogP contribution in [0.1, 0.15) is 11.1 Å². The highest BCUT2D eigenvalue weighted by Crippen LogP contribution is 2.23. The molecule has 1 aromatic rings. The Labute approximate surface area is 74.7 Å². The van der Waals surface area contributed by atoms with Crippen molar-refractivity contribution in [2.45, 2.75) is 13.5 Å². The van der Waals surface area contributed by atoms with E-state index in [0.29, 0.717) is 6.54 Å². The molecule has 0 radical (unpaired) electrons. The number of benzene rings is 1. The minimum Gasteiger partial charge on any atom is -0.398 e. The quantitative estimate of drug-likeness (QED) is 0.701. The maximum absolute atomic E-state index is 5.70. The summed E-state index contributed by atoms with van der Waals surface area (Å²) in [5, 5.41) is 0. The Morgan fingerprint density at radius 2 is 2.09 bits per heavy atom. The monoisotopic (exact) mass is 214 g/mol. The van der Waals surface area contributed by atoms with Gasteiger partial charge in [-0.1, -0.05) is 15.9 Å². The molecule has 0 spiro atoms. The molecule has 0 atom stereocenters. The van der Waals surface area contributed by atoms with Gasteiger partial charge < -0.3 is 11.5 Å². The van der Waals surface area contributed by atoms with Crippen molar-refractivity contribution in [2.24, 2.45) is 5.73 Å². The molecule has 0 aromatic heterocycles. The zero-order chi connectivity index (χ0) is 8.43. The molecule has 0 fully saturated rings. The van der Waals surface area contributed by atoms with E-state index in [0.717, 1.165) is 21.3 Å². The summed E-state index contributed by atoms with van der Waals surface area (Å²) in [6.45, 7) is 2.50. The van der Waals surface area contributed by atoms with Gasteiger partial charge in [0.05, 0.1) is 0 Å². The van der Waals surface area contributed by atoms with Gasteiger partial charge in [0.25, 0.3) is 0 Å². The van der Waals surface area contributed by atoms with Crippen LogP contribution in [0.2, 0.25) is 0 Å². The first kappa shape index (κ1) is 8.56. The highest BCUT2D eigenvalue weighted by molar-refractivity contribution is 9.10. The lowest BCUT2D eigenvalue weighted by atomic mass is 10.1. The molecule has 11 heavy (non-hydrogen) atoms. The molecule has 1 rings (SSSR count). The zero-order valence-electron chi connectivity index (χ0n) is 6.39. The van der Waals surface area contributed by atoms with Crippen LogP contribution in [0, 0.1) is 6.92 Å². The third-order valence-electron chi connectivity index (χ3n) is 1.77. The van der Waals surface area contributed by atoms with Crippen LogP contribution in [0.4, 0.5) is 5.69 Å². The minimum atomic E-state index is 0.497. The average molecular weight is 215 g/mol. The maximum Gasteiger partial charge on any atom is 0.0363 e. The van der Waals surface area contributed by atoms with Gasteiger partial charge in [0.15, 0.2) is 0 Å². The molecule has 0 aliphatic carbocycles. The summed E-state index contributed by atoms with van der Waals surface area (Å²) in [7, 11) is 0. The van der Waals surface area contributed by atoms with E-state index in [1.54, 1.807) is 0 Å². The van der Waals surface area contributed by atoms with Gasteiger partial charge in [-0.15, -0.1) is 0 Å². The van der Waals surface area contributed by atoms with Crippen molar-refractivity contribution in [3.8, 4) is 0 Å². The molecule has 4 N–H and O–H groups in total. The van der Waals surface area contributed by atoms with Crippen LogP contribution in [-0.2, 0) is 6.54 Å². The molecule has 1 aromatic carbocycles. The number of hydrogen-bond donors (Lipinski definition) is 2. The van der Waals surface area contributed by atoms with E-state index in [-0.39, 0.29) is 0 Å². The Morgan fingerprint density at radius 3 is 2.55 bits per heavy atom. The fraction of sp³-hybridized carbons (Fsp3) is 0.250. The van der Waals surface area contributed by atoms with E-state index >= 15 is 0 Å². The highest BCUT2D eigenvalue weighted by atomic mass is 79.9. The van der Waals surface area contributed by atoms with Gasteiger partial charge in [-0.25, -0.2) is 0 Å². The first-order valence-electron chi connectivity index (χ1n) is 3.40. The second-order valence-corrected chi connectivity index (χ2v) is 3.30. The summed E-state index contributed by atoms with van der Waals surface area (Å²) in [6, 6.07) is 3.79. The van der Waals surface area contributed by atoms with E-state index in [9.17, 15) is 0 Å². The number of nitrogen functional groups attached to an aromatic ring is 1. The number of halogens is 1. The van der Waals surface area contributed by atoms with Crippen LogP contribution in [0.5, 0.6) is 0 Å². The third kappa shape index (κ3) is 1.54. The van der Waals surface area contributed by atoms with Crippen LogP contribution in [0.3, 0.4) is 0 Å². The molecule has 0 saturated heterocycles. The summed E-state index contributed by atoms with van der Waals surface area (Å²) < 4.78 is 1.06. The molecule has 0 bridgehead atoms. The van der Waals surface area contributed by atoms with Crippen LogP contribution >= 0.6 is 15.9 Å². The largest absolute Gasteiger partial charge is 0.398 e. The standard InChI is InChI=1S/C8H11BrN2/c1-5-6(4-10)8(11)3-2-7(5)9/h2-3H,4,10-11H2,1H3. The fourth-order valence-corrected chi connectivity index (χ4v) is 1.39. The number of nitrogens with two attached hydrogens (primary N) is 2. The van der Waals surface area contributed by atoms with Gasteiger partial charge in [-0.3, -0.25) is 0 Å². The molecule has 0 unspecified atom stereocenters. The van der Waals surface area contributed by atoms with Gasteiger partial charge in [-0.2, -0.15) is 0 Å². The van der Waals surface area contributed by atoms with Crippen molar-refractivity contribution in [2.75, 3.05) is 5.73 Å². The summed E-state index contributed by atoms with van der Waals surface area (Å²) in [4.78, 5) is 0. The summed E-state index contributed by atoms with van der Waals surface area (Å²) in [5.41, 5.74) is 14.2. The molecule has 3 heteroatoms. The lowest BCUT2D eigenvalue weighted by Gasteiger charge is -2.07. The molecule has 0 heterocycles. The predicted molar refractivity (Wildman–Crippen MR) is 51.2 cm³/mol. The Bertz CT molecular complexity index is 271. The predicted octanol–water partition coefficient (Wildman–Crippen LogP) is 1.80. The Balaban J connectivity index is 3.29. The minimum absolute atomic E-state index is 0.497. The molecule has 0 saturated carbocycles. The second kappa shape index (κ2) is 3.24. The van der Waals surface area contributed by atoms with Gasteiger partial charge in [0.2, 0.25) is 0 Å². The third-order valence-corrected chi connectivity index (χ3v) is 2.63. The topological polar surface area (TPSA) is 52.0 Å². The molecule has 60 valence electrons. The average Bonchev–Trinajstić information content (AvgIpc) is 1.99. The molecule has 2 nitrogen and oxygen atoms in total. The summed E-state index contributed by atoms with van der Waals surface area (Å²) >= 11 is 3.41. The van der Waals surface area contributed by atoms with E-state index in [1.165, 1.54) is 0 Å². The molecule has 0 aliphatic rings. The van der Waals surface area contributed by atoms with Crippen LogP contribution in [0.25, 0.3) is 0 Å². The molecule has 0 amide bonds. The maximum atomic E-state index is 5.70. The van der Waals surface area contributed by atoms with E-state index in [1.807, 2.05) is 19.1 Å². The molecular formula is C8H11BrN2. The van der Waals surface area contributed by atoms with Crippen molar-refractivity contribution in [1.29, 1.82) is 0 Å². The van der Waals surface area contributed by atoms with E-state index < -0.39 is 0 Å². The molecule has 0 aliphatic heterocycles. The van der Waals surface area contributed by atoms with E-state index in [2.05, 4.69) is 15.9 Å². The summed E-state index contributed by atoms with van der Waals surface area (Å²) in [6.07, 6.45) is 0. The lowest BCUT2D eigenvalue weighted by molar-refractivity contribution is 1.05. The van der Waals surface area contributed by atoms with Gasteiger partial charge >= 0.3 is 0 Å². The van der Waals surface area contributed by atoms with Crippen LogP contribution in [0.15, 0.2) is 16.6 Å². The van der Waals surface area contributed by atoms with Crippen molar-refractivity contribution >= 4 is 21.6 Å². The lowest BCUT2D eigenvalue weighted by Crippen LogP contribution is -2.04. The Hall–Kier alpha value is -0.540. The fourth-order valence-electron chi connectivity index (χ4n) is 1.02. The normalized spacial score (nSPS) is 10.1. The highest BCUT2D eigenvalue weighted by Gasteiger charge is 2.03. The Morgan fingerprint density at radius 1 is 1.45 bits per heavy atom. The van der Waals surface area contributed by atoms with Gasteiger partial charge in [0.1, 0.15) is 0 Å². The second-order valence-electron chi connectivity index (χ2n) is 2.44. The molecular weight excluding hydrogens is 204 g/mol. The van der Waals surface area contributed by atoms with Crippen molar-refractivity contribution in [3.05, 3.63) is 27.7 Å². The first-order valence-corrected chi connectivity index (χ1v) is 4.19. The van der Waals surface area contributed by atoms with Gasteiger partial charge in [-0.05, 0) is 30.2 Å². The number of hydrogen-bond acceptors (Lipinski definition) is 2. The smallest absolute Gasteiger partial charge is 0.0363 e. The van der Waals surface area contributed by atoms with Crippen molar-refractivity contribution in [1.82, 2.24) is 0 Å². The Kier molecular flexibility index (Phi) is 2.52. The summed E-state index contributed by atoms with van der Waals surface area (Å²) in [5.74, 6) is 0. The van der Waals surface area contributed by atoms with Crippen LogP contribution in [-0.4, -0.2) is 0 Å².